The van der Waals surface area contributed by atoms with Crippen molar-refractivity contribution in [1.82, 2.24) is 5.32 Å². The fourth-order valence-electron chi connectivity index (χ4n) is 2.41. The normalized spacial score (nSPS) is 13.0. The minimum Gasteiger partial charge on any atom is -0.491 e. The Bertz CT molecular complexity index is 682. The first-order valence-corrected chi connectivity index (χ1v) is 8.71. The second-order valence-electron chi connectivity index (χ2n) is 6.36. The Morgan fingerprint density at radius 2 is 1.76 bits per heavy atom. The van der Waals surface area contributed by atoms with Gasteiger partial charge in [0.15, 0.2) is 6.10 Å². The van der Waals surface area contributed by atoms with Crippen molar-refractivity contribution in [2.75, 3.05) is 6.61 Å². The van der Waals surface area contributed by atoms with Gasteiger partial charge in [-0.25, -0.2) is 0 Å². The van der Waals surface area contributed by atoms with E-state index in [0.29, 0.717) is 18.8 Å². The molecule has 2 aromatic carbocycles. The average molecular weight is 341 g/mol. The summed E-state index contributed by atoms with van der Waals surface area (Å²) in [5, 5.41) is 2.96. The Hall–Kier alpha value is -2.49. The van der Waals surface area contributed by atoms with Crippen molar-refractivity contribution in [1.29, 1.82) is 0 Å². The molecule has 0 aliphatic carbocycles. The second kappa shape index (κ2) is 9.11. The van der Waals surface area contributed by atoms with E-state index in [2.05, 4.69) is 5.32 Å². The van der Waals surface area contributed by atoms with Crippen LogP contribution in [0.25, 0.3) is 0 Å². The quantitative estimate of drug-likeness (QED) is 0.788. The van der Waals surface area contributed by atoms with Gasteiger partial charge in [0.05, 0.1) is 6.04 Å². The number of aryl methyl sites for hydroxylation is 2. The van der Waals surface area contributed by atoms with Crippen LogP contribution in [0.3, 0.4) is 0 Å². The van der Waals surface area contributed by atoms with Gasteiger partial charge in [-0.1, -0.05) is 36.8 Å². The highest BCUT2D eigenvalue weighted by atomic mass is 16.5. The molecule has 1 amide bonds. The third-order valence-electron chi connectivity index (χ3n) is 3.84. The summed E-state index contributed by atoms with van der Waals surface area (Å²) < 4.78 is 11.5. The van der Waals surface area contributed by atoms with Gasteiger partial charge in [-0.2, -0.15) is 0 Å². The Balaban J connectivity index is 1.84. The summed E-state index contributed by atoms with van der Waals surface area (Å²) in [7, 11) is 0. The lowest BCUT2D eigenvalue weighted by molar-refractivity contribution is -0.128. The molecule has 2 aromatic rings. The van der Waals surface area contributed by atoms with Gasteiger partial charge in [0.25, 0.3) is 5.91 Å². The number of benzene rings is 2. The molecule has 1 N–H and O–H groups in total. The molecule has 0 bridgehead atoms. The van der Waals surface area contributed by atoms with Crippen molar-refractivity contribution in [2.24, 2.45) is 0 Å². The Kier molecular flexibility index (Phi) is 6.87. The smallest absolute Gasteiger partial charge is 0.261 e. The summed E-state index contributed by atoms with van der Waals surface area (Å²) >= 11 is 0. The highest BCUT2D eigenvalue weighted by Gasteiger charge is 2.20. The zero-order chi connectivity index (χ0) is 18.2. The molecule has 4 heteroatoms. The Labute approximate surface area is 150 Å². The molecular formula is C21H27NO3. The molecular weight excluding hydrogens is 314 g/mol. The van der Waals surface area contributed by atoms with Gasteiger partial charge in [0, 0.05) is 0 Å². The topological polar surface area (TPSA) is 47.6 Å². The lowest BCUT2D eigenvalue weighted by Gasteiger charge is -2.21. The van der Waals surface area contributed by atoms with Crippen LogP contribution in [-0.4, -0.2) is 24.7 Å². The van der Waals surface area contributed by atoms with Crippen LogP contribution in [0.2, 0.25) is 0 Å². The molecule has 0 aromatic heterocycles. The molecule has 0 unspecified atom stereocenters. The van der Waals surface area contributed by atoms with Gasteiger partial charge in [-0.05, 0) is 57.0 Å². The molecule has 0 saturated carbocycles. The first-order valence-electron chi connectivity index (χ1n) is 8.71. The monoisotopic (exact) mass is 341 g/mol. The zero-order valence-electron chi connectivity index (χ0n) is 15.4. The minimum atomic E-state index is -0.511. The third kappa shape index (κ3) is 6.14. The fourth-order valence-corrected chi connectivity index (χ4v) is 2.41. The van der Waals surface area contributed by atoms with Crippen molar-refractivity contribution >= 4 is 5.91 Å². The van der Waals surface area contributed by atoms with Crippen LogP contribution in [0.5, 0.6) is 11.5 Å². The second-order valence-corrected chi connectivity index (χ2v) is 6.36. The van der Waals surface area contributed by atoms with Crippen molar-refractivity contribution < 1.29 is 14.3 Å². The van der Waals surface area contributed by atoms with Crippen molar-refractivity contribution in [3.05, 3.63) is 59.7 Å². The van der Waals surface area contributed by atoms with Crippen LogP contribution in [-0.2, 0) is 4.79 Å². The first kappa shape index (κ1) is 18.8. The first-order chi connectivity index (χ1) is 12.0. The lowest BCUT2D eigenvalue weighted by atomic mass is 10.2. The van der Waals surface area contributed by atoms with Gasteiger partial charge in [0.2, 0.25) is 0 Å². The summed E-state index contributed by atoms with van der Waals surface area (Å²) in [6, 6.07) is 15.5. The highest BCUT2D eigenvalue weighted by molar-refractivity contribution is 5.81. The van der Waals surface area contributed by atoms with Crippen LogP contribution in [0.4, 0.5) is 0 Å². The van der Waals surface area contributed by atoms with E-state index in [9.17, 15) is 4.79 Å². The average Bonchev–Trinajstić information content (AvgIpc) is 2.59. The molecule has 0 heterocycles. The summed E-state index contributed by atoms with van der Waals surface area (Å²) in [6.45, 7) is 8.30. The number of rotatable bonds is 8. The number of hydrogen-bond acceptors (Lipinski definition) is 3. The lowest BCUT2D eigenvalue weighted by Crippen LogP contribution is -2.44. The molecule has 25 heavy (non-hydrogen) atoms. The number of hydrogen-bond donors (Lipinski definition) is 1. The zero-order valence-corrected chi connectivity index (χ0v) is 15.4. The summed E-state index contributed by atoms with van der Waals surface area (Å²) in [6.07, 6.45) is 0.0920. The molecule has 0 aliphatic heterocycles. The predicted octanol–water partition coefficient (Wildman–Crippen LogP) is 4.04. The van der Waals surface area contributed by atoms with Crippen LogP contribution >= 0.6 is 0 Å². The molecule has 0 saturated heterocycles. The summed E-state index contributed by atoms with van der Waals surface area (Å²) in [5.41, 5.74) is 2.29. The molecule has 2 atom stereocenters. The van der Waals surface area contributed by atoms with Crippen molar-refractivity contribution in [3.63, 3.8) is 0 Å². The van der Waals surface area contributed by atoms with E-state index in [1.807, 2.05) is 76.2 Å². The molecule has 0 aliphatic rings. The molecule has 134 valence electrons. The van der Waals surface area contributed by atoms with E-state index >= 15 is 0 Å². The van der Waals surface area contributed by atoms with E-state index in [1.54, 1.807) is 0 Å². The van der Waals surface area contributed by atoms with E-state index in [4.69, 9.17) is 9.47 Å². The molecule has 0 spiro atoms. The number of ether oxygens (including phenoxy) is 2. The maximum absolute atomic E-state index is 12.4. The van der Waals surface area contributed by atoms with Crippen molar-refractivity contribution in [2.45, 2.75) is 46.3 Å². The van der Waals surface area contributed by atoms with E-state index in [0.717, 1.165) is 11.3 Å². The predicted molar refractivity (Wildman–Crippen MR) is 100 cm³/mol. The summed E-state index contributed by atoms with van der Waals surface area (Å²) in [4.78, 5) is 12.4. The summed E-state index contributed by atoms with van der Waals surface area (Å²) in [5.74, 6) is 1.39. The van der Waals surface area contributed by atoms with Crippen LogP contribution < -0.4 is 14.8 Å². The number of carbonyl (C=O) groups excluding carboxylic acids is 1. The Morgan fingerprint density at radius 3 is 2.40 bits per heavy atom. The number of amides is 1. The Morgan fingerprint density at radius 1 is 1.04 bits per heavy atom. The van der Waals surface area contributed by atoms with Crippen LogP contribution in [0.15, 0.2) is 48.5 Å². The van der Waals surface area contributed by atoms with E-state index in [1.165, 1.54) is 5.56 Å². The molecule has 0 radical (unpaired) electrons. The minimum absolute atomic E-state index is 0.107. The fraction of sp³-hybridized carbons (Fsp3) is 0.381. The molecule has 2 rings (SSSR count). The largest absolute Gasteiger partial charge is 0.491 e. The third-order valence-corrected chi connectivity index (χ3v) is 3.84. The SMILES string of the molecule is CC[C@@H](Oc1cccc(C)c1)C(=O)N[C@H](C)COc1ccc(C)cc1. The van der Waals surface area contributed by atoms with E-state index in [-0.39, 0.29) is 11.9 Å². The molecule has 0 fully saturated rings. The maximum Gasteiger partial charge on any atom is 0.261 e. The van der Waals surface area contributed by atoms with Crippen molar-refractivity contribution in [3.8, 4) is 11.5 Å². The van der Waals surface area contributed by atoms with Crippen LogP contribution in [0, 0.1) is 13.8 Å². The number of nitrogens with one attached hydrogen (secondary N) is 1. The number of carbonyl (C=O) groups is 1. The highest BCUT2D eigenvalue weighted by Crippen LogP contribution is 2.16. The van der Waals surface area contributed by atoms with Gasteiger partial charge in [-0.15, -0.1) is 0 Å². The standard InChI is InChI=1S/C21H27NO3/c1-5-20(25-19-8-6-7-16(3)13-19)21(23)22-17(4)14-24-18-11-9-15(2)10-12-18/h6-13,17,20H,5,14H2,1-4H3,(H,22,23)/t17-,20-/m1/s1. The van der Waals surface area contributed by atoms with Gasteiger partial charge in [-0.3, -0.25) is 4.79 Å². The van der Waals surface area contributed by atoms with Gasteiger partial charge in [0.1, 0.15) is 18.1 Å². The van der Waals surface area contributed by atoms with E-state index < -0.39 is 6.10 Å². The van der Waals surface area contributed by atoms with Crippen LogP contribution in [0.1, 0.15) is 31.4 Å². The van der Waals surface area contributed by atoms with Gasteiger partial charge >= 0.3 is 0 Å². The maximum atomic E-state index is 12.4. The molecule has 4 nitrogen and oxygen atoms in total. The van der Waals surface area contributed by atoms with Gasteiger partial charge < -0.3 is 14.8 Å².